The molecule has 106 valence electrons. The number of nitrogens with two attached hydrogens (primary N) is 1. The minimum Gasteiger partial charge on any atom is -0.494 e. The molecule has 1 aromatic rings. The molecule has 4 nitrogen and oxygen atoms in total. The Hall–Kier alpha value is -1.55. The molecule has 0 aliphatic heterocycles. The summed E-state index contributed by atoms with van der Waals surface area (Å²) < 4.78 is 5.58. The van der Waals surface area contributed by atoms with Crippen LogP contribution in [0.1, 0.15) is 26.2 Å². The van der Waals surface area contributed by atoms with Gasteiger partial charge in [-0.2, -0.15) is 0 Å². The van der Waals surface area contributed by atoms with Gasteiger partial charge >= 0.3 is 0 Å². The van der Waals surface area contributed by atoms with Crippen molar-refractivity contribution >= 4 is 5.91 Å². The second-order valence-corrected chi connectivity index (χ2v) is 4.85. The van der Waals surface area contributed by atoms with Crippen LogP contribution in [0.15, 0.2) is 30.3 Å². The first-order valence-electron chi connectivity index (χ1n) is 6.77. The first-order valence-corrected chi connectivity index (χ1v) is 6.77. The van der Waals surface area contributed by atoms with Crippen molar-refractivity contribution in [2.45, 2.75) is 32.2 Å². The number of nitrogens with zero attached hydrogens (tertiary/aromatic N) is 1. The molecule has 1 rings (SSSR count). The van der Waals surface area contributed by atoms with Gasteiger partial charge in [-0.15, -0.1) is 0 Å². The van der Waals surface area contributed by atoms with E-state index < -0.39 is 0 Å². The summed E-state index contributed by atoms with van der Waals surface area (Å²) in [5, 5.41) is 0. The van der Waals surface area contributed by atoms with Crippen LogP contribution in [0.2, 0.25) is 0 Å². The normalized spacial score (nSPS) is 11.9. The fraction of sp³-hybridized carbons (Fsp3) is 0.533. The van der Waals surface area contributed by atoms with Crippen molar-refractivity contribution in [1.82, 2.24) is 4.90 Å². The van der Waals surface area contributed by atoms with Crippen LogP contribution < -0.4 is 10.5 Å². The molecule has 0 aliphatic rings. The molecule has 4 heteroatoms. The molecule has 0 fully saturated rings. The Morgan fingerprint density at radius 3 is 2.68 bits per heavy atom. The van der Waals surface area contributed by atoms with Crippen molar-refractivity contribution in [1.29, 1.82) is 0 Å². The molecule has 0 saturated heterocycles. The first kappa shape index (κ1) is 15.5. The van der Waals surface area contributed by atoms with E-state index in [0.29, 0.717) is 19.6 Å². The third-order valence-electron chi connectivity index (χ3n) is 2.89. The lowest BCUT2D eigenvalue weighted by Crippen LogP contribution is -2.30. The maximum Gasteiger partial charge on any atom is 0.222 e. The topological polar surface area (TPSA) is 55.6 Å². The SMILES string of the molecule is CC(N)CCC(=O)N(C)CCCOc1ccccc1. The highest BCUT2D eigenvalue weighted by Gasteiger charge is 2.09. The lowest BCUT2D eigenvalue weighted by Gasteiger charge is -2.17. The number of para-hydroxylation sites is 1. The molecule has 0 aromatic heterocycles. The van der Waals surface area contributed by atoms with E-state index in [9.17, 15) is 4.79 Å². The van der Waals surface area contributed by atoms with Crippen molar-refractivity contribution in [2.24, 2.45) is 5.73 Å². The van der Waals surface area contributed by atoms with Gasteiger partial charge in [-0.05, 0) is 31.9 Å². The van der Waals surface area contributed by atoms with E-state index in [1.54, 1.807) is 4.90 Å². The van der Waals surface area contributed by atoms with E-state index >= 15 is 0 Å². The van der Waals surface area contributed by atoms with Gasteiger partial charge in [-0.1, -0.05) is 18.2 Å². The number of amides is 1. The van der Waals surface area contributed by atoms with E-state index in [0.717, 1.165) is 18.6 Å². The third-order valence-corrected chi connectivity index (χ3v) is 2.89. The van der Waals surface area contributed by atoms with E-state index in [2.05, 4.69) is 0 Å². The second-order valence-electron chi connectivity index (χ2n) is 4.85. The lowest BCUT2D eigenvalue weighted by molar-refractivity contribution is -0.130. The predicted octanol–water partition coefficient (Wildman–Crippen LogP) is 2.04. The second kappa shape index (κ2) is 8.53. The van der Waals surface area contributed by atoms with Crippen molar-refractivity contribution in [3.05, 3.63) is 30.3 Å². The van der Waals surface area contributed by atoms with Gasteiger partial charge in [0.2, 0.25) is 5.91 Å². The summed E-state index contributed by atoms with van der Waals surface area (Å²) >= 11 is 0. The van der Waals surface area contributed by atoms with Crippen molar-refractivity contribution in [3.63, 3.8) is 0 Å². The smallest absolute Gasteiger partial charge is 0.222 e. The van der Waals surface area contributed by atoms with Crippen LogP contribution in [0.4, 0.5) is 0 Å². The zero-order chi connectivity index (χ0) is 14.1. The number of carbonyl (C=O) groups excluding carboxylic acids is 1. The van der Waals surface area contributed by atoms with Crippen molar-refractivity contribution < 1.29 is 9.53 Å². The lowest BCUT2D eigenvalue weighted by atomic mass is 10.2. The fourth-order valence-electron chi connectivity index (χ4n) is 1.68. The summed E-state index contributed by atoms with van der Waals surface area (Å²) in [6.07, 6.45) is 2.09. The molecule has 2 N–H and O–H groups in total. The van der Waals surface area contributed by atoms with Crippen LogP contribution in [0.25, 0.3) is 0 Å². The first-order chi connectivity index (χ1) is 9.09. The van der Waals surface area contributed by atoms with Gasteiger partial charge in [0.25, 0.3) is 0 Å². The Bertz CT molecular complexity index is 366. The average Bonchev–Trinajstić information content (AvgIpc) is 2.41. The van der Waals surface area contributed by atoms with Gasteiger partial charge in [-0.25, -0.2) is 0 Å². The molecular weight excluding hydrogens is 240 g/mol. The van der Waals surface area contributed by atoms with Crippen LogP contribution in [0, 0.1) is 0 Å². The van der Waals surface area contributed by atoms with Crippen LogP contribution >= 0.6 is 0 Å². The van der Waals surface area contributed by atoms with Crippen molar-refractivity contribution in [3.8, 4) is 5.75 Å². The number of ether oxygens (including phenoxy) is 1. The predicted molar refractivity (Wildman–Crippen MR) is 77.1 cm³/mol. The van der Waals surface area contributed by atoms with Gasteiger partial charge in [0.05, 0.1) is 6.61 Å². The summed E-state index contributed by atoms with van der Waals surface area (Å²) in [4.78, 5) is 13.5. The average molecular weight is 264 g/mol. The molecule has 1 unspecified atom stereocenters. The number of hydrogen-bond donors (Lipinski definition) is 1. The Labute approximate surface area is 115 Å². The molecule has 1 atom stereocenters. The number of benzene rings is 1. The molecule has 0 spiro atoms. The third kappa shape index (κ3) is 6.82. The van der Waals surface area contributed by atoms with Crippen LogP contribution in [0.5, 0.6) is 5.75 Å². The van der Waals surface area contributed by atoms with Crippen LogP contribution in [-0.4, -0.2) is 37.0 Å². The minimum absolute atomic E-state index is 0.0822. The van der Waals surface area contributed by atoms with Crippen LogP contribution in [0.3, 0.4) is 0 Å². The molecule has 0 heterocycles. The monoisotopic (exact) mass is 264 g/mol. The van der Waals surface area contributed by atoms with E-state index in [-0.39, 0.29) is 11.9 Å². The highest BCUT2D eigenvalue weighted by Crippen LogP contribution is 2.08. The zero-order valence-corrected chi connectivity index (χ0v) is 11.8. The number of hydrogen-bond acceptors (Lipinski definition) is 3. The largest absolute Gasteiger partial charge is 0.494 e. The van der Waals surface area contributed by atoms with Crippen LogP contribution in [-0.2, 0) is 4.79 Å². The van der Waals surface area contributed by atoms with Gasteiger partial charge < -0.3 is 15.4 Å². The van der Waals surface area contributed by atoms with Gasteiger partial charge in [0, 0.05) is 26.1 Å². The van der Waals surface area contributed by atoms with Gasteiger partial charge in [-0.3, -0.25) is 4.79 Å². The summed E-state index contributed by atoms with van der Waals surface area (Å²) in [5.41, 5.74) is 5.64. The van der Waals surface area contributed by atoms with Gasteiger partial charge in [0.1, 0.15) is 5.75 Å². The highest BCUT2D eigenvalue weighted by molar-refractivity contribution is 5.75. The Kier molecular flexibility index (Phi) is 6.97. The Morgan fingerprint density at radius 2 is 2.05 bits per heavy atom. The van der Waals surface area contributed by atoms with E-state index in [1.165, 1.54) is 0 Å². The molecule has 0 aliphatic carbocycles. The molecular formula is C15H24N2O2. The molecule has 0 radical (unpaired) electrons. The summed E-state index contributed by atoms with van der Waals surface area (Å²) in [6, 6.07) is 9.78. The summed E-state index contributed by atoms with van der Waals surface area (Å²) in [7, 11) is 1.83. The molecule has 0 bridgehead atoms. The summed E-state index contributed by atoms with van der Waals surface area (Å²) in [6.45, 7) is 3.25. The standard InChI is InChI=1S/C15H24N2O2/c1-13(16)9-10-15(18)17(2)11-6-12-19-14-7-4-3-5-8-14/h3-5,7-8,13H,6,9-12,16H2,1-2H3. The maximum absolute atomic E-state index is 11.7. The fourth-order valence-corrected chi connectivity index (χ4v) is 1.68. The molecule has 19 heavy (non-hydrogen) atoms. The van der Waals surface area contributed by atoms with Gasteiger partial charge in [0.15, 0.2) is 0 Å². The molecule has 0 saturated carbocycles. The minimum atomic E-state index is 0.0822. The zero-order valence-electron chi connectivity index (χ0n) is 11.8. The molecule has 1 aromatic carbocycles. The quantitative estimate of drug-likeness (QED) is 0.731. The summed E-state index contributed by atoms with van der Waals surface area (Å²) in [5.74, 6) is 1.02. The van der Waals surface area contributed by atoms with E-state index in [4.69, 9.17) is 10.5 Å². The number of carbonyl (C=O) groups is 1. The van der Waals surface area contributed by atoms with E-state index in [1.807, 2.05) is 44.3 Å². The highest BCUT2D eigenvalue weighted by atomic mass is 16.5. The maximum atomic E-state index is 11.7. The molecule has 1 amide bonds. The number of rotatable bonds is 8. The Balaban J connectivity index is 2.13. The Morgan fingerprint density at radius 1 is 1.37 bits per heavy atom. The van der Waals surface area contributed by atoms with Crippen molar-refractivity contribution in [2.75, 3.05) is 20.2 Å².